The number of rotatable bonds is 5. The Morgan fingerprint density at radius 3 is 2.69 bits per heavy atom. The molecule has 2 N–H and O–H groups in total. The third-order valence-electron chi connectivity index (χ3n) is 5.07. The average Bonchev–Trinajstić information content (AvgIpc) is 2.76. The summed E-state index contributed by atoms with van der Waals surface area (Å²) < 4.78 is 20.4. The van der Waals surface area contributed by atoms with Crippen molar-refractivity contribution < 1.29 is 18.7 Å². The molecule has 1 unspecified atom stereocenters. The molecule has 1 atom stereocenters. The molecule has 162 valence electrons. The zero-order valence-corrected chi connectivity index (χ0v) is 17.9. The number of nitrogens with zero attached hydrogens (tertiary/aromatic N) is 1. The molecule has 2 aromatic carbocycles. The van der Waals surface area contributed by atoms with Gasteiger partial charge in [0.1, 0.15) is 16.8 Å². The molecular formula is C24H18ClFN2O4. The first-order valence-corrected chi connectivity index (χ1v) is 10.1. The number of carboxylic acid groups (broad SMARTS) is 1. The molecule has 8 heteroatoms. The van der Waals surface area contributed by atoms with Crippen LogP contribution >= 0.6 is 11.6 Å². The number of carboxylic acids is 1. The molecule has 0 aliphatic carbocycles. The number of carbonyl (C=O) groups is 1. The van der Waals surface area contributed by atoms with Crippen LogP contribution in [0.5, 0.6) is 0 Å². The number of benzene rings is 2. The number of pyridine rings is 1. The van der Waals surface area contributed by atoms with Crippen molar-refractivity contribution in [3.05, 3.63) is 92.5 Å². The summed E-state index contributed by atoms with van der Waals surface area (Å²) in [5.41, 5.74) is 1.55. The van der Waals surface area contributed by atoms with Gasteiger partial charge >= 0.3 is 5.97 Å². The topological polar surface area (TPSA) is 92.4 Å². The minimum Gasteiger partial charge on any atom is -0.478 e. The number of hydrogen-bond donors (Lipinski definition) is 2. The highest BCUT2D eigenvalue weighted by atomic mass is 35.5. The fourth-order valence-electron chi connectivity index (χ4n) is 3.58. The number of aromatic carboxylic acids is 1. The van der Waals surface area contributed by atoms with Crippen molar-refractivity contribution in [1.29, 1.82) is 0 Å². The van der Waals surface area contributed by atoms with Crippen LogP contribution in [-0.4, -0.2) is 16.1 Å². The quantitative estimate of drug-likeness (QED) is 0.396. The van der Waals surface area contributed by atoms with E-state index in [4.69, 9.17) is 16.0 Å². The molecular weight excluding hydrogens is 435 g/mol. The van der Waals surface area contributed by atoms with Gasteiger partial charge in [-0.15, -0.1) is 0 Å². The van der Waals surface area contributed by atoms with E-state index in [-0.39, 0.29) is 16.1 Å². The summed E-state index contributed by atoms with van der Waals surface area (Å²) in [5.74, 6) is -2.16. The van der Waals surface area contributed by atoms with Crippen molar-refractivity contribution >= 4 is 34.2 Å². The third kappa shape index (κ3) is 3.94. The predicted octanol–water partition coefficient (Wildman–Crippen LogP) is 5.83. The number of aryl methyl sites for hydroxylation is 1. The van der Waals surface area contributed by atoms with Gasteiger partial charge in [0, 0.05) is 17.8 Å². The summed E-state index contributed by atoms with van der Waals surface area (Å²) in [6.07, 6.45) is 1.60. The lowest BCUT2D eigenvalue weighted by molar-refractivity contribution is 0.0693. The van der Waals surface area contributed by atoms with Gasteiger partial charge in [-0.05, 0) is 49.7 Å². The monoisotopic (exact) mass is 452 g/mol. The van der Waals surface area contributed by atoms with Crippen LogP contribution in [0.25, 0.3) is 22.4 Å². The summed E-state index contributed by atoms with van der Waals surface area (Å²) in [6.45, 7) is 3.60. The van der Waals surface area contributed by atoms with E-state index >= 15 is 0 Å². The van der Waals surface area contributed by atoms with Crippen LogP contribution in [0, 0.1) is 12.7 Å². The largest absolute Gasteiger partial charge is 0.478 e. The fraction of sp³-hybridized carbons (Fsp3) is 0.125. The lowest BCUT2D eigenvalue weighted by Gasteiger charge is -2.20. The van der Waals surface area contributed by atoms with E-state index in [0.717, 1.165) is 5.56 Å². The molecule has 2 aromatic heterocycles. The third-order valence-corrected chi connectivity index (χ3v) is 5.36. The Hall–Kier alpha value is -3.71. The second-order valence-electron chi connectivity index (χ2n) is 7.38. The van der Waals surface area contributed by atoms with Gasteiger partial charge in [-0.2, -0.15) is 0 Å². The average molecular weight is 453 g/mol. The highest BCUT2D eigenvalue weighted by Gasteiger charge is 2.22. The lowest BCUT2D eigenvalue weighted by Crippen LogP contribution is -2.14. The second kappa shape index (κ2) is 8.43. The normalized spacial score (nSPS) is 12.0. The van der Waals surface area contributed by atoms with Crippen LogP contribution in [0.1, 0.15) is 34.5 Å². The van der Waals surface area contributed by atoms with E-state index in [1.54, 1.807) is 37.4 Å². The van der Waals surface area contributed by atoms with Gasteiger partial charge in [0.15, 0.2) is 17.0 Å². The van der Waals surface area contributed by atoms with Gasteiger partial charge in [0.2, 0.25) is 0 Å². The molecule has 32 heavy (non-hydrogen) atoms. The SMILES string of the molecule is Cc1cc(C(C)Nc2ccc(Cl)c(F)c2C(=O)O)c2oc(-c3ccccn3)cc(=O)c2c1. The second-order valence-corrected chi connectivity index (χ2v) is 7.78. The summed E-state index contributed by atoms with van der Waals surface area (Å²) >= 11 is 5.75. The summed E-state index contributed by atoms with van der Waals surface area (Å²) in [5, 5.41) is 12.6. The lowest BCUT2D eigenvalue weighted by atomic mass is 10.0. The molecule has 0 saturated carbocycles. The van der Waals surface area contributed by atoms with Crippen LogP contribution in [0.4, 0.5) is 10.1 Å². The molecule has 0 aliphatic rings. The number of anilines is 1. The van der Waals surface area contributed by atoms with Crippen molar-refractivity contribution in [2.75, 3.05) is 5.32 Å². The molecule has 4 aromatic rings. The van der Waals surface area contributed by atoms with E-state index in [1.165, 1.54) is 18.2 Å². The number of nitrogens with one attached hydrogen (secondary N) is 1. The Bertz CT molecular complexity index is 1400. The van der Waals surface area contributed by atoms with E-state index < -0.39 is 23.4 Å². The fourth-order valence-corrected chi connectivity index (χ4v) is 3.74. The molecule has 0 bridgehead atoms. The Morgan fingerprint density at radius 2 is 2.00 bits per heavy atom. The Morgan fingerprint density at radius 1 is 1.22 bits per heavy atom. The minimum absolute atomic E-state index is 0.0600. The molecule has 0 saturated heterocycles. The standard InChI is InChI=1S/C24H18ClFN2O4/c1-12-9-14(13(2)28-18-7-6-16(25)22(26)21(18)24(30)31)23-15(10-12)19(29)11-20(32-23)17-5-3-4-8-27-17/h3-11,13,28H,1-2H3,(H,30,31). The van der Waals surface area contributed by atoms with Gasteiger partial charge in [0.25, 0.3) is 0 Å². The van der Waals surface area contributed by atoms with E-state index in [9.17, 15) is 19.1 Å². The predicted molar refractivity (Wildman–Crippen MR) is 121 cm³/mol. The first-order chi connectivity index (χ1) is 15.3. The van der Waals surface area contributed by atoms with Crippen LogP contribution in [0.15, 0.2) is 63.9 Å². The molecule has 4 rings (SSSR count). The number of hydrogen-bond acceptors (Lipinski definition) is 5. The van der Waals surface area contributed by atoms with Crippen molar-refractivity contribution in [1.82, 2.24) is 4.98 Å². The van der Waals surface area contributed by atoms with Gasteiger partial charge in [-0.3, -0.25) is 9.78 Å². The van der Waals surface area contributed by atoms with Crippen molar-refractivity contribution in [2.45, 2.75) is 19.9 Å². The number of halogens is 2. The van der Waals surface area contributed by atoms with Gasteiger partial charge in [0.05, 0.1) is 22.1 Å². The molecule has 2 heterocycles. The molecule has 0 fully saturated rings. The van der Waals surface area contributed by atoms with Crippen LogP contribution < -0.4 is 10.7 Å². The molecule has 0 amide bonds. The molecule has 0 radical (unpaired) electrons. The van der Waals surface area contributed by atoms with Crippen LogP contribution in [0.3, 0.4) is 0 Å². The summed E-state index contributed by atoms with van der Waals surface area (Å²) in [6, 6.07) is 12.4. The minimum atomic E-state index is -1.45. The highest BCUT2D eigenvalue weighted by Crippen LogP contribution is 2.32. The van der Waals surface area contributed by atoms with E-state index in [0.29, 0.717) is 28.0 Å². The maximum absolute atomic E-state index is 14.4. The van der Waals surface area contributed by atoms with Gasteiger partial charge in [-0.1, -0.05) is 23.7 Å². The van der Waals surface area contributed by atoms with E-state index in [2.05, 4.69) is 10.3 Å². The van der Waals surface area contributed by atoms with Crippen molar-refractivity contribution in [3.8, 4) is 11.5 Å². The Kier molecular flexibility index (Phi) is 5.67. The van der Waals surface area contributed by atoms with Crippen molar-refractivity contribution in [2.24, 2.45) is 0 Å². The van der Waals surface area contributed by atoms with Gasteiger partial charge in [-0.25, -0.2) is 9.18 Å². The zero-order valence-electron chi connectivity index (χ0n) is 17.1. The maximum Gasteiger partial charge on any atom is 0.340 e. The first kappa shape index (κ1) is 21.5. The number of aromatic nitrogens is 1. The molecule has 0 spiro atoms. The molecule has 0 aliphatic heterocycles. The Labute approximate surface area is 187 Å². The first-order valence-electron chi connectivity index (χ1n) is 9.74. The maximum atomic E-state index is 14.4. The zero-order chi connectivity index (χ0) is 23.0. The Balaban J connectivity index is 1.86. The summed E-state index contributed by atoms with van der Waals surface area (Å²) in [4.78, 5) is 28.7. The van der Waals surface area contributed by atoms with Crippen LogP contribution in [0.2, 0.25) is 5.02 Å². The van der Waals surface area contributed by atoms with Crippen LogP contribution in [-0.2, 0) is 0 Å². The van der Waals surface area contributed by atoms with Crippen molar-refractivity contribution in [3.63, 3.8) is 0 Å². The smallest absolute Gasteiger partial charge is 0.340 e. The van der Waals surface area contributed by atoms with E-state index in [1.807, 2.05) is 13.0 Å². The summed E-state index contributed by atoms with van der Waals surface area (Å²) in [7, 11) is 0. The highest BCUT2D eigenvalue weighted by molar-refractivity contribution is 6.31. The molecule has 6 nitrogen and oxygen atoms in total. The number of fused-ring (bicyclic) bond motifs is 1. The van der Waals surface area contributed by atoms with Gasteiger partial charge < -0.3 is 14.8 Å².